The number of rotatable bonds is 3. The van der Waals surface area contributed by atoms with Crippen LogP contribution in [-0.2, 0) is 4.79 Å². The third kappa shape index (κ3) is 2.27. The zero-order valence-electron chi connectivity index (χ0n) is 8.10. The zero-order valence-corrected chi connectivity index (χ0v) is 8.10. The van der Waals surface area contributed by atoms with Crippen LogP contribution in [0.1, 0.15) is 13.8 Å². The number of aliphatic hydroxyl groups excluding tert-OH is 2. The highest BCUT2D eigenvalue weighted by atomic mass is 16.3. The minimum atomic E-state index is -0.494. The van der Waals surface area contributed by atoms with Crippen molar-refractivity contribution >= 4 is 5.78 Å². The summed E-state index contributed by atoms with van der Waals surface area (Å²) >= 11 is 0. The van der Waals surface area contributed by atoms with Gasteiger partial charge in [0.15, 0.2) is 0 Å². The summed E-state index contributed by atoms with van der Waals surface area (Å²) in [6.07, 6.45) is -0.494. The summed E-state index contributed by atoms with van der Waals surface area (Å²) in [4.78, 5) is 13.0. The Balaban J connectivity index is 2.52. The molecule has 0 spiro atoms. The Bertz CT molecular complexity index is 195. The first-order valence-corrected chi connectivity index (χ1v) is 4.59. The maximum absolute atomic E-state index is 11.0. The summed E-state index contributed by atoms with van der Waals surface area (Å²) in [5.41, 5.74) is 0. The molecule has 1 saturated heterocycles. The van der Waals surface area contributed by atoms with Crippen molar-refractivity contribution < 1.29 is 15.0 Å². The summed E-state index contributed by atoms with van der Waals surface area (Å²) in [6, 6.07) is -0.147. The second-order valence-electron chi connectivity index (χ2n) is 3.75. The molecule has 2 N–H and O–H groups in total. The lowest BCUT2D eigenvalue weighted by molar-refractivity contribution is -0.121. The molecular formula is C9H17NO3. The third-order valence-electron chi connectivity index (χ3n) is 2.81. The molecule has 0 radical (unpaired) electrons. The number of carbonyl (C=O) groups excluding carboxylic acids is 1. The fourth-order valence-electron chi connectivity index (χ4n) is 1.64. The normalized spacial score (nSPS) is 32.0. The Kier molecular flexibility index (Phi) is 3.41. The van der Waals surface area contributed by atoms with Crippen LogP contribution in [0, 0.1) is 5.92 Å². The van der Waals surface area contributed by atoms with E-state index >= 15 is 0 Å². The van der Waals surface area contributed by atoms with E-state index in [0.717, 1.165) is 0 Å². The van der Waals surface area contributed by atoms with Gasteiger partial charge < -0.3 is 10.2 Å². The van der Waals surface area contributed by atoms with Crippen molar-refractivity contribution in [2.75, 3.05) is 19.7 Å². The van der Waals surface area contributed by atoms with E-state index in [4.69, 9.17) is 5.11 Å². The molecule has 0 aromatic rings. The van der Waals surface area contributed by atoms with Crippen molar-refractivity contribution in [1.29, 1.82) is 0 Å². The summed E-state index contributed by atoms with van der Waals surface area (Å²) in [5, 5.41) is 18.4. The molecular weight excluding hydrogens is 170 g/mol. The molecule has 0 amide bonds. The number of hydrogen-bond donors (Lipinski definition) is 2. The number of carbonyl (C=O) groups is 1. The second-order valence-corrected chi connectivity index (χ2v) is 3.75. The third-order valence-corrected chi connectivity index (χ3v) is 2.81. The van der Waals surface area contributed by atoms with Gasteiger partial charge in [0.1, 0.15) is 5.78 Å². The van der Waals surface area contributed by atoms with Crippen molar-refractivity contribution in [3.63, 3.8) is 0 Å². The van der Waals surface area contributed by atoms with Crippen molar-refractivity contribution in [2.45, 2.75) is 26.0 Å². The van der Waals surface area contributed by atoms with Gasteiger partial charge in [0.05, 0.1) is 12.1 Å². The zero-order chi connectivity index (χ0) is 10.0. The molecule has 1 aliphatic rings. The van der Waals surface area contributed by atoms with E-state index in [9.17, 15) is 9.90 Å². The van der Waals surface area contributed by atoms with Gasteiger partial charge in [0.2, 0.25) is 0 Å². The molecule has 13 heavy (non-hydrogen) atoms. The van der Waals surface area contributed by atoms with Crippen LogP contribution in [0.3, 0.4) is 0 Å². The monoisotopic (exact) mass is 187 g/mol. The van der Waals surface area contributed by atoms with Crippen LogP contribution in [0.5, 0.6) is 0 Å². The first-order chi connectivity index (χ1) is 6.06. The molecule has 1 aliphatic heterocycles. The molecule has 1 heterocycles. The molecule has 0 bridgehead atoms. The maximum atomic E-state index is 11.0. The lowest BCUT2D eigenvalue weighted by atomic mass is 10.1. The Labute approximate surface area is 78.2 Å². The minimum absolute atomic E-state index is 0.0116. The van der Waals surface area contributed by atoms with Crippen molar-refractivity contribution in [3.8, 4) is 0 Å². The molecule has 4 nitrogen and oxygen atoms in total. The van der Waals surface area contributed by atoms with Gasteiger partial charge in [0.25, 0.3) is 0 Å². The molecule has 1 rings (SSSR count). The summed E-state index contributed by atoms with van der Waals surface area (Å²) < 4.78 is 0. The van der Waals surface area contributed by atoms with Gasteiger partial charge in [-0.05, 0) is 13.8 Å². The predicted octanol–water partition coefficient (Wildman–Crippen LogP) is -0.751. The number of nitrogens with zero attached hydrogens (tertiary/aromatic N) is 1. The summed E-state index contributed by atoms with van der Waals surface area (Å²) in [6.45, 7) is 4.46. The molecule has 3 atom stereocenters. The standard InChI is InChI=1S/C9H17NO3/c1-6(7(2)12)10-3-8(5-11)9(13)4-10/h6,8-9,11,13H,3-5H2,1-2H3. The molecule has 0 saturated carbocycles. The number of Topliss-reactive ketones (excluding diaryl/α,β-unsaturated/α-hetero) is 1. The van der Waals surface area contributed by atoms with E-state index in [0.29, 0.717) is 13.1 Å². The van der Waals surface area contributed by atoms with Gasteiger partial charge in [-0.25, -0.2) is 0 Å². The SMILES string of the molecule is CC(=O)C(C)N1CC(O)C(CO)C1. The molecule has 0 aromatic heterocycles. The Morgan fingerprint density at radius 3 is 2.62 bits per heavy atom. The number of aliphatic hydroxyl groups is 2. The maximum Gasteiger partial charge on any atom is 0.146 e. The fraction of sp³-hybridized carbons (Fsp3) is 0.889. The first kappa shape index (κ1) is 10.6. The van der Waals surface area contributed by atoms with Crippen LogP contribution < -0.4 is 0 Å². The van der Waals surface area contributed by atoms with Gasteiger partial charge in [-0.1, -0.05) is 0 Å². The number of hydrogen-bond acceptors (Lipinski definition) is 4. The number of β-amino-alcohol motifs (C(OH)–C–C–N with tert-alkyl or cyclic N) is 1. The topological polar surface area (TPSA) is 60.8 Å². The lowest BCUT2D eigenvalue weighted by Crippen LogP contribution is -2.36. The summed E-state index contributed by atoms with van der Waals surface area (Å²) in [7, 11) is 0. The highest BCUT2D eigenvalue weighted by Crippen LogP contribution is 2.18. The van der Waals surface area contributed by atoms with Crippen LogP contribution in [-0.4, -0.2) is 52.7 Å². The average Bonchev–Trinajstić information content (AvgIpc) is 2.45. The second kappa shape index (κ2) is 4.17. The Morgan fingerprint density at radius 2 is 2.23 bits per heavy atom. The molecule has 3 unspecified atom stereocenters. The van der Waals surface area contributed by atoms with Crippen LogP contribution in [0.2, 0.25) is 0 Å². The lowest BCUT2D eigenvalue weighted by Gasteiger charge is -2.21. The van der Waals surface area contributed by atoms with E-state index in [-0.39, 0.29) is 24.3 Å². The smallest absolute Gasteiger partial charge is 0.146 e. The minimum Gasteiger partial charge on any atom is -0.396 e. The van der Waals surface area contributed by atoms with Crippen molar-refractivity contribution in [3.05, 3.63) is 0 Å². The predicted molar refractivity (Wildman–Crippen MR) is 48.3 cm³/mol. The van der Waals surface area contributed by atoms with Gasteiger partial charge >= 0.3 is 0 Å². The van der Waals surface area contributed by atoms with Gasteiger partial charge in [-0.3, -0.25) is 9.69 Å². The van der Waals surface area contributed by atoms with Crippen LogP contribution in [0.15, 0.2) is 0 Å². The largest absolute Gasteiger partial charge is 0.396 e. The van der Waals surface area contributed by atoms with E-state index in [1.54, 1.807) is 6.92 Å². The van der Waals surface area contributed by atoms with Crippen LogP contribution >= 0.6 is 0 Å². The number of likely N-dealkylation sites (tertiary alicyclic amines) is 1. The van der Waals surface area contributed by atoms with Crippen molar-refractivity contribution in [1.82, 2.24) is 4.90 Å². The Morgan fingerprint density at radius 1 is 1.62 bits per heavy atom. The molecule has 1 fully saturated rings. The van der Waals surface area contributed by atoms with E-state index < -0.39 is 6.10 Å². The van der Waals surface area contributed by atoms with E-state index in [1.165, 1.54) is 0 Å². The van der Waals surface area contributed by atoms with E-state index in [2.05, 4.69) is 0 Å². The average molecular weight is 187 g/mol. The van der Waals surface area contributed by atoms with Crippen molar-refractivity contribution in [2.24, 2.45) is 5.92 Å². The quantitative estimate of drug-likeness (QED) is 0.610. The van der Waals surface area contributed by atoms with Gasteiger partial charge in [-0.2, -0.15) is 0 Å². The molecule has 4 heteroatoms. The summed E-state index contributed by atoms with van der Waals surface area (Å²) in [5.74, 6) is 0.00703. The molecule has 76 valence electrons. The molecule has 0 aliphatic carbocycles. The first-order valence-electron chi connectivity index (χ1n) is 4.59. The highest BCUT2D eigenvalue weighted by Gasteiger charge is 2.34. The van der Waals surface area contributed by atoms with Crippen LogP contribution in [0.4, 0.5) is 0 Å². The van der Waals surface area contributed by atoms with Crippen LogP contribution in [0.25, 0.3) is 0 Å². The van der Waals surface area contributed by atoms with Gasteiger partial charge in [-0.15, -0.1) is 0 Å². The van der Waals surface area contributed by atoms with Gasteiger partial charge in [0, 0.05) is 25.6 Å². The Hall–Kier alpha value is -0.450. The fourth-order valence-corrected chi connectivity index (χ4v) is 1.64. The highest BCUT2D eigenvalue weighted by molar-refractivity contribution is 5.80. The number of ketones is 1. The van der Waals surface area contributed by atoms with E-state index in [1.807, 2.05) is 11.8 Å². The molecule has 0 aromatic carbocycles.